The Balaban J connectivity index is 0.00000166. The highest BCUT2D eigenvalue weighted by molar-refractivity contribution is 7.99. The van der Waals surface area contributed by atoms with Crippen molar-refractivity contribution in [3.05, 3.63) is 50.0 Å². The summed E-state index contributed by atoms with van der Waals surface area (Å²) in [4.78, 5) is 28.7. The Kier molecular flexibility index (Phi) is 8.41. The molecule has 0 bridgehead atoms. The SMILES string of the molecule is CCCS(=O)(=O)Oc1c(C(=O)c2cc(C)c3c(c2C)C(C)CCS3)cnn1CC.O=O. The Morgan fingerprint density at radius 2 is 1.94 bits per heavy atom. The first-order valence-electron chi connectivity index (χ1n) is 10.2. The maximum Gasteiger partial charge on any atom is 0.310 e. The second-order valence-electron chi connectivity index (χ2n) is 7.50. The molecule has 2 heterocycles. The first kappa shape index (κ1) is 25.1. The van der Waals surface area contributed by atoms with Crippen LogP contribution in [0.5, 0.6) is 5.88 Å². The number of benzene rings is 1. The minimum absolute atomic E-state index is 0.00291. The van der Waals surface area contributed by atoms with E-state index in [9.17, 15) is 13.2 Å². The molecule has 1 unspecified atom stereocenters. The van der Waals surface area contributed by atoms with Gasteiger partial charge in [0.05, 0.1) is 11.9 Å². The molecular weight excluding hydrogens is 440 g/mol. The zero-order valence-electron chi connectivity index (χ0n) is 18.4. The molecule has 0 fully saturated rings. The summed E-state index contributed by atoms with van der Waals surface area (Å²) in [7, 11) is -3.78. The molecule has 0 aliphatic carbocycles. The summed E-state index contributed by atoms with van der Waals surface area (Å²) in [5.41, 5.74) is 4.04. The second-order valence-corrected chi connectivity index (χ2v) is 10.3. The number of fused-ring (bicyclic) bond motifs is 1. The molecule has 0 radical (unpaired) electrons. The van der Waals surface area contributed by atoms with E-state index in [0.717, 1.165) is 23.3 Å². The van der Waals surface area contributed by atoms with E-state index in [4.69, 9.17) is 14.1 Å². The minimum Gasteiger partial charge on any atom is -0.361 e. The number of hydrogen-bond acceptors (Lipinski definition) is 8. The number of hydrogen-bond donors (Lipinski definition) is 0. The molecule has 31 heavy (non-hydrogen) atoms. The van der Waals surface area contributed by atoms with Gasteiger partial charge in [-0.15, -0.1) is 11.8 Å². The fourth-order valence-electron chi connectivity index (χ4n) is 3.82. The molecule has 0 amide bonds. The Morgan fingerprint density at radius 3 is 2.55 bits per heavy atom. The highest BCUT2D eigenvalue weighted by Crippen LogP contribution is 2.42. The zero-order valence-corrected chi connectivity index (χ0v) is 20.1. The number of carbonyl (C=O) groups excluding carboxylic acids is 1. The predicted molar refractivity (Wildman–Crippen MR) is 122 cm³/mol. The van der Waals surface area contributed by atoms with E-state index in [1.54, 1.807) is 6.92 Å². The van der Waals surface area contributed by atoms with Gasteiger partial charge in [0.2, 0.25) is 5.88 Å². The van der Waals surface area contributed by atoms with Crippen molar-refractivity contribution in [2.24, 2.45) is 0 Å². The number of thioether (sulfide) groups is 1. The lowest BCUT2D eigenvalue weighted by Crippen LogP contribution is -2.18. The van der Waals surface area contributed by atoms with E-state index >= 15 is 0 Å². The topological polar surface area (TPSA) is 112 Å². The van der Waals surface area contributed by atoms with Crippen molar-refractivity contribution in [2.75, 3.05) is 11.5 Å². The van der Waals surface area contributed by atoms with Crippen LogP contribution in [0.3, 0.4) is 0 Å². The van der Waals surface area contributed by atoms with E-state index < -0.39 is 10.1 Å². The largest absolute Gasteiger partial charge is 0.361 e. The number of carbonyl (C=O) groups is 1. The Labute approximate surface area is 187 Å². The summed E-state index contributed by atoms with van der Waals surface area (Å²) in [5, 5.41) is 4.18. The van der Waals surface area contributed by atoms with Crippen molar-refractivity contribution in [1.82, 2.24) is 9.78 Å². The minimum atomic E-state index is -3.78. The Morgan fingerprint density at radius 1 is 1.26 bits per heavy atom. The maximum atomic E-state index is 13.5. The number of aryl methyl sites for hydroxylation is 2. The van der Waals surface area contributed by atoms with Gasteiger partial charge in [0.1, 0.15) is 5.56 Å². The molecule has 0 spiro atoms. The molecular formula is C21H28N2O6S2. The molecule has 0 saturated heterocycles. The quantitative estimate of drug-likeness (QED) is 0.430. The number of aromatic nitrogens is 2. The van der Waals surface area contributed by atoms with Gasteiger partial charge >= 0.3 is 10.1 Å². The van der Waals surface area contributed by atoms with E-state index in [-0.39, 0.29) is 23.0 Å². The van der Waals surface area contributed by atoms with Crippen molar-refractivity contribution in [3.63, 3.8) is 0 Å². The van der Waals surface area contributed by atoms with E-state index in [0.29, 0.717) is 24.4 Å². The molecule has 8 nitrogen and oxygen atoms in total. The van der Waals surface area contributed by atoms with E-state index in [1.807, 2.05) is 38.6 Å². The number of rotatable bonds is 7. The monoisotopic (exact) mass is 468 g/mol. The standard InChI is InChI=1S/C21H28N2O4S2.O2/c1-6-10-29(25,26)27-21-17(12-22-23(21)7-2)19(24)16-11-14(4)20-18(15(16)5)13(3)8-9-28-20;1-2/h11-13H,6-10H2,1-5H3;. The van der Waals surface area contributed by atoms with Crippen molar-refractivity contribution in [3.8, 4) is 5.88 Å². The van der Waals surface area contributed by atoms with Crippen molar-refractivity contribution in [2.45, 2.75) is 64.8 Å². The second kappa shape index (κ2) is 10.4. The molecule has 1 aromatic heterocycles. The van der Waals surface area contributed by atoms with Gasteiger partial charge in [0.25, 0.3) is 0 Å². The lowest BCUT2D eigenvalue weighted by molar-refractivity contribution is 0.103. The average molecular weight is 469 g/mol. The van der Waals surface area contributed by atoms with Gasteiger partial charge in [-0.25, -0.2) is 4.68 Å². The third-order valence-corrected chi connectivity index (χ3v) is 7.89. The van der Waals surface area contributed by atoms with Gasteiger partial charge in [-0.2, -0.15) is 13.5 Å². The Hall–Kier alpha value is -2.20. The lowest BCUT2D eigenvalue weighted by atomic mass is 9.87. The third kappa shape index (κ3) is 5.17. The predicted octanol–water partition coefficient (Wildman–Crippen LogP) is 4.54. The van der Waals surface area contributed by atoms with Gasteiger partial charge in [-0.1, -0.05) is 13.8 Å². The molecule has 1 aliphatic rings. The van der Waals surface area contributed by atoms with Crippen LogP contribution in [-0.4, -0.2) is 35.5 Å². The molecule has 1 aromatic carbocycles. The highest BCUT2D eigenvalue weighted by Gasteiger charge is 2.29. The third-order valence-electron chi connectivity index (χ3n) is 5.30. The normalized spacial score (nSPS) is 15.6. The fourth-order valence-corrected chi connectivity index (χ4v) is 6.29. The van der Waals surface area contributed by atoms with E-state index in [2.05, 4.69) is 12.0 Å². The smallest absolute Gasteiger partial charge is 0.310 e. The van der Waals surface area contributed by atoms with Crippen LogP contribution in [0.25, 0.3) is 0 Å². The fraction of sp³-hybridized carbons (Fsp3) is 0.524. The van der Waals surface area contributed by atoms with Gasteiger partial charge < -0.3 is 4.18 Å². The van der Waals surface area contributed by atoms with Crippen LogP contribution in [0.15, 0.2) is 17.2 Å². The van der Waals surface area contributed by atoms with Gasteiger partial charge in [-0.3, -0.25) is 4.79 Å². The van der Waals surface area contributed by atoms with Gasteiger partial charge in [-0.05, 0) is 68.0 Å². The molecule has 170 valence electrons. The molecule has 0 saturated carbocycles. The summed E-state index contributed by atoms with van der Waals surface area (Å²) in [5.74, 6) is 1.11. The van der Waals surface area contributed by atoms with Crippen LogP contribution >= 0.6 is 11.8 Å². The van der Waals surface area contributed by atoms with Gasteiger partial charge in [0, 0.05) is 26.9 Å². The Bertz CT molecular complexity index is 1060. The highest BCUT2D eigenvalue weighted by atomic mass is 32.2. The van der Waals surface area contributed by atoms with Crippen molar-refractivity contribution in [1.29, 1.82) is 0 Å². The molecule has 1 atom stereocenters. The van der Waals surface area contributed by atoms with Crippen molar-refractivity contribution < 1.29 is 17.4 Å². The van der Waals surface area contributed by atoms with E-state index in [1.165, 1.54) is 21.3 Å². The first-order chi connectivity index (χ1) is 14.7. The van der Waals surface area contributed by atoms with Crippen LogP contribution in [-0.2, 0) is 16.7 Å². The summed E-state index contributed by atoms with van der Waals surface area (Å²) >= 11 is 1.84. The van der Waals surface area contributed by atoms with Crippen LogP contribution in [0.2, 0.25) is 0 Å². The van der Waals surface area contributed by atoms with Crippen LogP contribution in [0.4, 0.5) is 0 Å². The number of nitrogens with zero attached hydrogens (tertiary/aromatic N) is 2. The molecule has 0 N–H and O–H groups in total. The van der Waals surface area contributed by atoms with Crippen LogP contribution < -0.4 is 4.18 Å². The number of ketones is 1. The molecule has 3 rings (SSSR count). The molecule has 1 aliphatic heterocycles. The van der Waals surface area contributed by atoms with Crippen LogP contribution in [0.1, 0.15) is 72.1 Å². The molecule has 2 aromatic rings. The average Bonchev–Trinajstić information content (AvgIpc) is 3.13. The zero-order chi connectivity index (χ0) is 23.3. The summed E-state index contributed by atoms with van der Waals surface area (Å²) in [6.45, 7) is 10.2. The maximum absolute atomic E-state index is 13.5. The van der Waals surface area contributed by atoms with Crippen molar-refractivity contribution >= 4 is 27.7 Å². The summed E-state index contributed by atoms with van der Waals surface area (Å²) < 4.78 is 31.3. The summed E-state index contributed by atoms with van der Waals surface area (Å²) in [6, 6.07) is 1.91. The first-order valence-corrected chi connectivity index (χ1v) is 12.7. The molecule has 10 heteroatoms. The summed E-state index contributed by atoms with van der Waals surface area (Å²) in [6.07, 6.45) is 2.92. The lowest BCUT2D eigenvalue weighted by Gasteiger charge is -2.27. The van der Waals surface area contributed by atoms with Gasteiger partial charge in [0.15, 0.2) is 5.78 Å². The van der Waals surface area contributed by atoms with Crippen LogP contribution in [0, 0.1) is 23.8 Å².